The Morgan fingerprint density at radius 1 is 1.39 bits per heavy atom. The van der Waals surface area contributed by atoms with Crippen LogP contribution >= 0.6 is 11.6 Å². The second-order valence-corrected chi connectivity index (χ2v) is 6.49. The molecule has 4 nitrogen and oxygen atoms in total. The summed E-state index contributed by atoms with van der Waals surface area (Å²) >= 11 is 6.40. The molecule has 1 aliphatic heterocycles. The SMILES string of the molecule is Cc1nn(C)c(Cl)c1[C@@H]1CCCN1C[C@@H](O)c1ccc(F)cc1. The van der Waals surface area contributed by atoms with Gasteiger partial charge in [-0.25, -0.2) is 4.39 Å². The number of nitrogens with zero attached hydrogens (tertiary/aromatic N) is 3. The zero-order chi connectivity index (χ0) is 16.6. The molecule has 6 heteroatoms. The number of aliphatic hydroxyl groups is 1. The van der Waals surface area contributed by atoms with Gasteiger partial charge in [0, 0.05) is 25.2 Å². The van der Waals surface area contributed by atoms with E-state index in [9.17, 15) is 9.50 Å². The first-order chi connectivity index (χ1) is 11.0. The Morgan fingerprint density at radius 2 is 2.09 bits per heavy atom. The third-order valence-corrected chi connectivity index (χ3v) is 5.00. The molecule has 2 heterocycles. The lowest BCUT2D eigenvalue weighted by Gasteiger charge is -2.27. The van der Waals surface area contributed by atoms with Gasteiger partial charge in [-0.05, 0) is 44.0 Å². The molecule has 0 radical (unpaired) electrons. The Morgan fingerprint density at radius 3 is 2.70 bits per heavy atom. The van der Waals surface area contributed by atoms with Crippen LogP contribution in [-0.4, -0.2) is 32.9 Å². The van der Waals surface area contributed by atoms with Gasteiger partial charge in [0.05, 0.1) is 11.8 Å². The van der Waals surface area contributed by atoms with Crippen molar-refractivity contribution in [3.63, 3.8) is 0 Å². The van der Waals surface area contributed by atoms with E-state index in [1.165, 1.54) is 12.1 Å². The molecular weight excluding hydrogens is 317 g/mol. The summed E-state index contributed by atoms with van der Waals surface area (Å²) in [6.45, 7) is 3.38. The van der Waals surface area contributed by atoms with Crippen molar-refractivity contribution in [2.75, 3.05) is 13.1 Å². The first kappa shape index (κ1) is 16.4. The fourth-order valence-electron chi connectivity index (χ4n) is 3.41. The van der Waals surface area contributed by atoms with E-state index >= 15 is 0 Å². The van der Waals surface area contributed by atoms with Gasteiger partial charge in [-0.2, -0.15) is 5.10 Å². The van der Waals surface area contributed by atoms with Crippen LogP contribution < -0.4 is 0 Å². The highest BCUT2D eigenvalue weighted by Crippen LogP contribution is 2.38. The normalized spacial score (nSPS) is 20.1. The highest BCUT2D eigenvalue weighted by molar-refractivity contribution is 6.30. The molecule has 2 aromatic rings. The minimum absolute atomic E-state index is 0.172. The summed E-state index contributed by atoms with van der Waals surface area (Å²) in [5.41, 5.74) is 2.72. The fourth-order valence-corrected chi connectivity index (χ4v) is 3.71. The van der Waals surface area contributed by atoms with E-state index in [2.05, 4.69) is 10.00 Å². The lowest BCUT2D eigenvalue weighted by atomic mass is 10.0. The molecule has 1 saturated heterocycles. The Labute approximate surface area is 140 Å². The van der Waals surface area contributed by atoms with Gasteiger partial charge in [-0.15, -0.1) is 0 Å². The van der Waals surface area contributed by atoms with Gasteiger partial charge in [0.1, 0.15) is 11.0 Å². The average Bonchev–Trinajstić information content (AvgIpc) is 3.04. The maximum Gasteiger partial charge on any atom is 0.131 e. The maximum absolute atomic E-state index is 13.0. The summed E-state index contributed by atoms with van der Waals surface area (Å²) in [5, 5.41) is 15.5. The summed E-state index contributed by atoms with van der Waals surface area (Å²) in [5.74, 6) is -0.294. The molecule has 0 amide bonds. The van der Waals surface area contributed by atoms with E-state index in [-0.39, 0.29) is 11.9 Å². The summed E-state index contributed by atoms with van der Waals surface area (Å²) in [6.07, 6.45) is 1.42. The second-order valence-electron chi connectivity index (χ2n) is 6.13. The van der Waals surface area contributed by atoms with Crippen LogP contribution in [0.25, 0.3) is 0 Å². The van der Waals surface area contributed by atoms with Gasteiger partial charge in [-0.1, -0.05) is 23.7 Å². The molecule has 1 aromatic carbocycles. The van der Waals surface area contributed by atoms with Gasteiger partial charge in [0.25, 0.3) is 0 Å². The van der Waals surface area contributed by atoms with Crippen molar-refractivity contribution in [2.24, 2.45) is 7.05 Å². The van der Waals surface area contributed by atoms with Gasteiger partial charge in [0.2, 0.25) is 0 Å². The quantitative estimate of drug-likeness (QED) is 0.929. The number of rotatable bonds is 4. The first-order valence-corrected chi connectivity index (χ1v) is 8.21. The third-order valence-electron chi connectivity index (χ3n) is 4.56. The van der Waals surface area contributed by atoms with Crippen molar-refractivity contribution < 1.29 is 9.50 Å². The zero-order valence-electron chi connectivity index (χ0n) is 13.3. The standard InChI is InChI=1S/C17H21ClFN3O/c1-11-16(17(18)21(2)20-11)14-4-3-9-22(14)10-15(23)12-5-7-13(19)8-6-12/h5-8,14-15,23H,3-4,9-10H2,1-2H3/t14-,15+/m0/s1. The van der Waals surface area contributed by atoms with Crippen molar-refractivity contribution in [3.8, 4) is 0 Å². The first-order valence-electron chi connectivity index (χ1n) is 7.84. The summed E-state index contributed by atoms with van der Waals surface area (Å²) < 4.78 is 14.7. The number of hydrogen-bond donors (Lipinski definition) is 1. The Hall–Kier alpha value is -1.43. The number of aliphatic hydroxyl groups excluding tert-OH is 1. The molecule has 0 saturated carbocycles. The molecule has 124 valence electrons. The monoisotopic (exact) mass is 337 g/mol. The Bertz CT molecular complexity index is 686. The van der Waals surface area contributed by atoms with Crippen LogP contribution in [0.4, 0.5) is 4.39 Å². The second kappa shape index (κ2) is 6.59. The molecule has 0 spiro atoms. The van der Waals surface area contributed by atoms with Crippen molar-refractivity contribution in [1.29, 1.82) is 0 Å². The number of aromatic nitrogens is 2. The average molecular weight is 338 g/mol. The van der Waals surface area contributed by atoms with E-state index in [1.807, 2.05) is 14.0 Å². The van der Waals surface area contributed by atoms with Gasteiger partial charge < -0.3 is 5.11 Å². The lowest BCUT2D eigenvalue weighted by Crippen LogP contribution is -2.28. The molecule has 2 atom stereocenters. The number of hydrogen-bond acceptors (Lipinski definition) is 3. The minimum Gasteiger partial charge on any atom is -0.387 e. The highest BCUT2D eigenvalue weighted by Gasteiger charge is 2.32. The largest absolute Gasteiger partial charge is 0.387 e. The molecule has 3 rings (SSSR count). The molecule has 0 unspecified atom stereocenters. The van der Waals surface area contributed by atoms with E-state index in [0.717, 1.165) is 36.2 Å². The lowest BCUT2D eigenvalue weighted by molar-refractivity contribution is 0.106. The molecular formula is C17H21ClFN3O. The van der Waals surface area contributed by atoms with E-state index in [4.69, 9.17) is 11.6 Å². The van der Waals surface area contributed by atoms with E-state index < -0.39 is 6.10 Å². The third kappa shape index (κ3) is 3.27. The summed E-state index contributed by atoms with van der Waals surface area (Å²) in [4.78, 5) is 2.24. The number of aryl methyl sites for hydroxylation is 2. The van der Waals surface area contributed by atoms with E-state index in [0.29, 0.717) is 11.7 Å². The molecule has 23 heavy (non-hydrogen) atoms. The van der Waals surface area contributed by atoms with Crippen molar-refractivity contribution in [2.45, 2.75) is 31.9 Å². The molecule has 1 aliphatic rings. The molecule has 0 bridgehead atoms. The van der Waals surface area contributed by atoms with Crippen LogP contribution in [0, 0.1) is 12.7 Å². The minimum atomic E-state index is -0.646. The zero-order valence-corrected chi connectivity index (χ0v) is 14.1. The summed E-state index contributed by atoms with van der Waals surface area (Å²) in [6, 6.07) is 6.19. The predicted molar refractivity (Wildman–Crippen MR) is 87.9 cm³/mol. The predicted octanol–water partition coefficient (Wildman–Crippen LogP) is 3.39. The van der Waals surface area contributed by atoms with Crippen molar-refractivity contribution >= 4 is 11.6 Å². The molecule has 0 aliphatic carbocycles. The number of halogens is 2. The smallest absolute Gasteiger partial charge is 0.131 e. The fraction of sp³-hybridized carbons (Fsp3) is 0.471. The number of benzene rings is 1. The molecule has 1 aromatic heterocycles. The van der Waals surface area contributed by atoms with E-state index in [1.54, 1.807) is 16.8 Å². The van der Waals surface area contributed by atoms with Gasteiger partial charge in [0.15, 0.2) is 0 Å². The van der Waals surface area contributed by atoms with Crippen LogP contribution in [0.15, 0.2) is 24.3 Å². The van der Waals surface area contributed by atoms with Crippen molar-refractivity contribution in [1.82, 2.24) is 14.7 Å². The number of likely N-dealkylation sites (tertiary alicyclic amines) is 1. The molecule has 1 fully saturated rings. The van der Waals surface area contributed by atoms with Gasteiger partial charge >= 0.3 is 0 Å². The van der Waals surface area contributed by atoms with Crippen molar-refractivity contribution in [3.05, 3.63) is 52.1 Å². The van der Waals surface area contributed by atoms with Crippen LogP contribution in [-0.2, 0) is 7.05 Å². The Kier molecular flexibility index (Phi) is 4.71. The molecule has 1 N–H and O–H groups in total. The topological polar surface area (TPSA) is 41.3 Å². The van der Waals surface area contributed by atoms with Crippen LogP contribution in [0.5, 0.6) is 0 Å². The van der Waals surface area contributed by atoms with Crippen LogP contribution in [0.3, 0.4) is 0 Å². The Balaban J connectivity index is 1.78. The maximum atomic E-state index is 13.0. The summed E-state index contributed by atoms with van der Waals surface area (Å²) in [7, 11) is 1.84. The van der Waals surface area contributed by atoms with Crippen LogP contribution in [0.2, 0.25) is 5.15 Å². The van der Waals surface area contributed by atoms with Crippen LogP contribution in [0.1, 0.15) is 41.8 Å². The number of β-amino-alcohol motifs (C(OH)–C–C–N with tert-alkyl or cyclic N) is 1. The van der Waals surface area contributed by atoms with Gasteiger partial charge in [-0.3, -0.25) is 9.58 Å². The highest BCUT2D eigenvalue weighted by atomic mass is 35.5.